The Morgan fingerprint density at radius 3 is 2.65 bits per heavy atom. The van der Waals surface area contributed by atoms with Gasteiger partial charge in [-0.05, 0) is 36.8 Å². The van der Waals surface area contributed by atoms with E-state index in [1.807, 2.05) is 25.1 Å². The van der Waals surface area contributed by atoms with Gasteiger partial charge in [-0.3, -0.25) is 4.79 Å². The van der Waals surface area contributed by atoms with Crippen LogP contribution < -0.4 is 10.1 Å². The van der Waals surface area contributed by atoms with Crippen LogP contribution in [0.5, 0.6) is 5.75 Å². The molecule has 0 unspecified atom stereocenters. The first-order chi connectivity index (χ1) is 11.0. The van der Waals surface area contributed by atoms with E-state index in [0.717, 1.165) is 15.6 Å². The zero-order valence-corrected chi connectivity index (χ0v) is 14.8. The molecule has 1 aromatic heterocycles. The highest BCUT2D eigenvalue weighted by Gasteiger charge is 2.17. The number of benzene rings is 2. The van der Waals surface area contributed by atoms with Gasteiger partial charge in [0.05, 0.1) is 17.2 Å². The van der Waals surface area contributed by atoms with Crippen LogP contribution in [-0.2, 0) is 0 Å². The van der Waals surface area contributed by atoms with Crippen LogP contribution in [0.25, 0.3) is 10.1 Å². The van der Waals surface area contributed by atoms with E-state index in [0.29, 0.717) is 26.4 Å². The Morgan fingerprint density at radius 2 is 1.96 bits per heavy atom. The molecule has 1 amide bonds. The Labute approximate surface area is 147 Å². The Morgan fingerprint density at radius 1 is 1.17 bits per heavy atom. The minimum absolute atomic E-state index is 0.255. The van der Waals surface area contributed by atoms with Crippen LogP contribution in [0.3, 0.4) is 0 Å². The average Bonchev–Trinajstić information content (AvgIpc) is 2.84. The van der Waals surface area contributed by atoms with Crippen molar-refractivity contribution in [3.8, 4) is 5.75 Å². The van der Waals surface area contributed by atoms with Crippen molar-refractivity contribution in [1.82, 2.24) is 0 Å². The maximum absolute atomic E-state index is 12.5. The summed E-state index contributed by atoms with van der Waals surface area (Å²) >= 11 is 13.8. The molecule has 0 radical (unpaired) electrons. The van der Waals surface area contributed by atoms with Crippen molar-refractivity contribution in [2.24, 2.45) is 0 Å². The van der Waals surface area contributed by atoms with E-state index in [-0.39, 0.29) is 5.91 Å². The number of thiophene rings is 1. The van der Waals surface area contributed by atoms with Crippen LogP contribution in [0.4, 0.5) is 5.69 Å². The predicted molar refractivity (Wildman–Crippen MR) is 97.5 cm³/mol. The molecule has 0 bridgehead atoms. The molecule has 0 fully saturated rings. The van der Waals surface area contributed by atoms with Crippen LogP contribution in [-0.4, -0.2) is 13.0 Å². The van der Waals surface area contributed by atoms with Crippen LogP contribution in [0.2, 0.25) is 10.0 Å². The molecule has 3 aromatic rings. The third kappa shape index (κ3) is 3.15. The van der Waals surface area contributed by atoms with Gasteiger partial charge in [0.1, 0.15) is 10.6 Å². The molecule has 1 heterocycles. The summed E-state index contributed by atoms with van der Waals surface area (Å²) in [6, 6.07) is 11.0. The molecule has 0 spiro atoms. The van der Waals surface area contributed by atoms with Crippen molar-refractivity contribution >= 4 is 56.2 Å². The standard InChI is InChI=1S/C17H13Cl2NO2S/c1-9-3-5-11-14(7-9)23-16(15(11)19)17(21)20-10-4-6-13(22-2)12(18)8-10/h3-8H,1-2H3,(H,20,21). The number of amides is 1. The SMILES string of the molecule is COc1ccc(NC(=O)c2sc3cc(C)ccc3c2Cl)cc1Cl. The molecular formula is C17H13Cl2NO2S. The lowest BCUT2D eigenvalue weighted by atomic mass is 10.2. The second kappa shape index (κ2) is 6.40. The number of methoxy groups -OCH3 is 1. The number of hydrogen-bond acceptors (Lipinski definition) is 3. The lowest BCUT2D eigenvalue weighted by Gasteiger charge is -2.07. The van der Waals surface area contributed by atoms with Gasteiger partial charge in [0.25, 0.3) is 5.91 Å². The molecule has 6 heteroatoms. The van der Waals surface area contributed by atoms with E-state index in [1.165, 1.54) is 11.3 Å². The summed E-state index contributed by atoms with van der Waals surface area (Å²) in [6.07, 6.45) is 0. The summed E-state index contributed by atoms with van der Waals surface area (Å²) in [7, 11) is 1.54. The molecule has 3 nitrogen and oxygen atoms in total. The van der Waals surface area contributed by atoms with Crippen molar-refractivity contribution in [2.75, 3.05) is 12.4 Å². The quantitative estimate of drug-likeness (QED) is 0.638. The average molecular weight is 366 g/mol. The normalized spacial score (nSPS) is 10.8. The van der Waals surface area contributed by atoms with Crippen molar-refractivity contribution in [1.29, 1.82) is 0 Å². The maximum atomic E-state index is 12.5. The monoisotopic (exact) mass is 365 g/mol. The second-order valence-electron chi connectivity index (χ2n) is 5.05. The first-order valence-corrected chi connectivity index (χ1v) is 8.40. The van der Waals surface area contributed by atoms with E-state index in [4.69, 9.17) is 27.9 Å². The van der Waals surface area contributed by atoms with Crippen molar-refractivity contribution in [3.05, 3.63) is 56.9 Å². The van der Waals surface area contributed by atoms with Crippen molar-refractivity contribution in [3.63, 3.8) is 0 Å². The van der Waals surface area contributed by atoms with Crippen LogP contribution in [0.1, 0.15) is 15.2 Å². The Kier molecular flexibility index (Phi) is 4.48. The van der Waals surface area contributed by atoms with Gasteiger partial charge in [0.2, 0.25) is 0 Å². The van der Waals surface area contributed by atoms with Gasteiger partial charge in [-0.2, -0.15) is 0 Å². The molecule has 2 aromatic carbocycles. The molecule has 0 saturated heterocycles. The third-order valence-electron chi connectivity index (χ3n) is 3.40. The van der Waals surface area contributed by atoms with Crippen LogP contribution in [0.15, 0.2) is 36.4 Å². The first kappa shape index (κ1) is 16.1. The van der Waals surface area contributed by atoms with E-state index in [2.05, 4.69) is 5.32 Å². The van der Waals surface area contributed by atoms with Crippen molar-refractivity contribution in [2.45, 2.75) is 6.92 Å². The molecule has 0 atom stereocenters. The van der Waals surface area contributed by atoms with Crippen molar-refractivity contribution < 1.29 is 9.53 Å². The summed E-state index contributed by atoms with van der Waals surface area (Å²) in [5, 5.41) is 4.61. The molecular weight excluding hydrogens is 353 g/mol. The minimum atomic E-state index is -0.255. The number of anilines is 1. The van der Waals surface area contributed by atoms with Gasteiger partial charge in [-0.25, -0.2) is 0 Å². The number of nitrogens with one attached hydrogen (secondary N) is 1. The molecule has 0 aliphatic carbocycles. The zero-order chi connectivity index (χ0) is 16.6. The highest BCUT2D eigenvalue weighted by atomic mass is 35.5. The maximum Gasteiger partial charge on any atom is 0.267 e. The Balaban J connectivity index is 1.91. The third-order valence-corrected chi connectivity index (χ3v) is 5.35. The number of carbonyl (C=O) groups is 1. The zero-order valence-electron chi connectivity index (χ0n) is 12.4. The number of carbonyl (C=O) groups excluding carboxylic acids is 1. The molecule has 23 heavy (non-hydrogen) atoms. The summed E-state index contributed by atoms with van der Waals surface area (Å²) < 4.78 is 6.09. The molecule has 0 aliphatic rings. The summed E-state index contributed by atoms with van der Waals surface area (Å²) in [5.41, 5.74) is 1.72. The van der Waals surface area contributed by atoms with Gasteiger partial charge in [-0.1, -0.05) is 35.3 Å². The van der Waals surface area contributed by atoms with E-state index in [1.54, 1.807) is 25.3 Å². The van der Waals surface area contributed by atoms with E-state index in [9.17, 15) is 4.79 Å². The number of hydrogen-bond donors (Lipinski definition) is 1. The Hall–Kier alpha value is -1.75. The van der Waals surface area contributed by atoms with Gasteiger partial charge in [-0.15, -0.1) is 11.3 Å². The van der Waals surface area contributed by atoms with E-state index >= 15 is 0 Å². The van der Waals surface area contributed by atoms with Crippen LogP contribution >= 0.6 is 34.5 Å². The smallest absolute Gasteiger partial charge is 0.267 e. The molecule has 0 aliphatic heterocycles. The number of rotatable bonds is 3. The fourth-order valence-corrected chi connectivity index (χ4v) is 4.02. The topological polar surface area (TPSA) is 38.3 Å². The van der Waals surface area contributed by atoms with Gasteiger partial charge < -0.3 is 10.1 Å². The fourth-order valence-electron chi connectivity index (χ4n) is 2.25. The lowest BCUT2D eigenvalue weighted by Crippen LogP contribution is -2.10. The van der Waals surface area contributed by atoms with E-state index < -0.39 is 0 Å². The van der Waals surface area contributed by atoms with Crippen LogP contribution in [0, 0.1) is 6.92 Å². The highest BCUT2D eigenvalue weighted by Crippen LogP contribution is 2.36. The number of halogens is 2. The summed E-state index contributed by atoms with van der Waals surface area (Å²) in [5.74, 6) is 0.301. The lowest BCUT2D eigenvalue weighted by molar-refractivity contribution is 0.103. The first-order valence-electron chi connectivity index (χ1n) is 6.83. The fraction of sp³-hybridized carbons (Fsp3) is 0.118. The highest BCUT2D eigenvalue weighted by molar-refractivity contribution is 7.21. The Bertz CT molecular complexity index is 905. The summed E-state index contributed by atoms with van der Waals surface area (Å²) in [4.78, 5) is 13.0. The minimum Gasteiger partial charge on any atom is -0.495 e. The largest absolute Gasteiger partial charge is 0.495 e. The number of ether oxygens (including phenoxy) is 1. The molecule has 1 N–H and O–H groups in total. The second-order valence-corrected chi connectivity index (χ2v) is 6.89. The van der Waals surface area contributed by atoms with Gasteiger partial charge in [0, 0.05) is 15.8 Å². The number of aryl methyl sites for hydroxylation is 1. The molecule has 0 saturated carbocycles. The van der Waals surface area contributed by atoms with Gasteiger partial charge >= 0.3 is 0 Å². The summed E-state index contributed by atoms with van der Waals surface area (Å²) in [6.45, 7) is 2.01. The van der Waals surface area contributed by atoms with Gasteiger partial charge in [0.15, 0.2) is 0 Å². The number of fused-ring (bicyclic) bond motifs is 1. The predicted octanol–water partition coefficient (Wildman–Crippen LogP) is 5.78. The molecule has 118 valence electrons. The molecule has 3 rings (SSSR count).